The molecule has 0 saturated heterocycles. The summed E-state index contributed by atoms with van der Waals surface area (Å²) in [4.78, 5) is 19.0. The molecule has 1 aliphatic rings. The van der Waals surface area contributed by atoms with Gasteiger partial charge in [0.25, 0.3) is 5.56 Å². The molecule has 0 amide bonds. The Morgan fingerprint density at radius 2 is 2.15 bits per heavy atom. The van der Waals surface area contributed by atoms with Crippen LogP contribution in [0.5, 0.6) is 5.75 Å². The molecule has 1 fully saturated rings. The average molecular weight is 337 g/mol. The normalized spacial score (nSPS) is 15.9. The van der Waals surface area contributed by atoms with Crippen LogP contribution in [0.2, 0.25) is 0 Å². The Balaban J connectivity index is 2.11. The Hall–Kier alpha value is -1.36. The fourth-order valence-electron chi connectivity index (χ4n) is 2.66. The minimum absolute atomic E-state index is 0.143. The van der Waals surface area contributed by atoms with Gasteiger partial charge in [-0.15, -0.1) is 0 Å². The van der Waals surface area contributed by atoms with E-state index in [4.69, 9.17) is 4.74 Å². The first kappa shape index (κ1) is 13.6. The van der Waals surface area contributed by atoms with Gasteiger partial charge in [-0.25, -0.2) is 4.98 Å². The van der Waals surface area contributed by atoms with Crippen molar-refractivity contribution >= 4 is 27.0 Å². The van der Waals surface area contributed by atoms with Gasteiger partial charge in [0.2, 0.25) is 0 Å². The van der Waals surface area contributed by atoms with Crippen LogP contribution in [0.1, 0.15) is 36.9 Å². The summed E-state index contributed by atoms with van der Waals surface area (Å²) >= 11 is 3.46. The highest BCUT2D eigenvalue weighted by molar-refractivity contribution is 9.08. The van der Waals surface area contributed by atoms with Crippen LogP contribution in [-0.2, 0) is 5.33 Å². The first-order valence-corrected chi connectivity index (χ1v) is 8.05. The van der Waals surface area contributed by atoms with Crippen molar-refractivity contribution in [3.05, 3.63) is 33.7 Å². The summed E-state index contributed by atoms with van der Waals surface area (Å²) in [6.45, 7) is 1.72. The van der Waals surface area contributed by atoms with Gasteiger partial charge in [-0.3, -0.25) is 4.79 Å². The number of aromatic nitrogens is 2. The first-order chi connectivity index (χ1) is 9.67. The number of benzene rings is 1. The minimum Gasteiger partial charge on any atom is -0.488 e. The maximum absolute atomic E-state index is 11.7. The third-order valence-corrected chi connectivity index (χ3v) is 4.39. The first-order valence-electron chi connectivity index (χ1n) is 6.93. The number of aromatic amines is 1. The number of nitrogens with zero attached hydrogens (tertiary/aromatic N) is 1. The molecule has 1 aliphatic carbocycles. The SMILES string of the molecule is Cc1nc2c(OC3CCCC3)cc(CBr)cc2[nH]c1=O. The Bertz CT molecular complexity index is 690. The summed E-state index contributed by atoms with van der Waals surface area (Å²) in [5.74, 6) is 0.781. The third kappa shape index (κ3) is 2.59. The van der Waals surface area contributed by atoms with Crippen LogP contribution in [0.15, 0.2) is 16.9 Å². The molecule has 0 radical (unpaired) electrons. The summed E-state index contributed by atoms with van der Waals surface area (Å²) in [5, 5.41) is 0.722. The second-order valence-electron chi connectivity index (χ2n) is 5.30. The predicted octanol–water partition coefficient (Wildman–Crippen LogP) is 3.45. The number of ether oxygens (including phenoxy) is 1. The van der Waals surface area contributed by atoms with Crippen LogP contribution in [-0.4, -0.2) is 16.1 Å². The summed E-state index contributed by atoms with van der Waals surface area (Å²) in [6, 6.07) is 3.96. The average Bonchev–Trinajstić information content (AvgIpc) is 2.93. The van der Waals surface area contributed by atoms with E-state index in [1.807, 2.05) is 12.1 Å². The summed E-state index contributed by atoms with van der Waals surface area (Å²) in [7, 11) is 0. The second-order valence-corrected chi connectivity index (χ2v) is 5.86. The second kappa shape index (κ2) is 5.56. The van der Waals surface area contributed by atoms with Crippen LogP contribution in [0, 0.1) is 6.92 Å². The van der Waals surface area contributed by atoms with Gasteiger partial charge in [0, 0.05) is 5.33 Å². The number of H-pyrrole nitrogens is 1. The number of hydrogen-bond donors (Lipinski definition) is 1. The van der Waals surface area contributed by atoms with Gasteiger partial charge in [-0.1, -0.05) is 15.9 Å². The number of aryl methyl sites for hydroxylation is 1. The van der Waals surface area contributed by atoms with Gasteiger partial charge in [-0.05, 0) is 50.3 Å². The molecule has 3 rings (SSSR count). The molecule has 0 atom stereocenters. The van der Waals surface area contributed by atoms with E-state index < -0.39 is 0 Å². The summed E-state index contributed by atoms with van der Waals surface area (Å²) in [6.07, 6.45) is 4.93. The zero-order valence-corrected chi connectivity index (χ0v) is 13.0. The molecule has 0 bridgehead atoms. The lowest BCUT2D eigenvalue weighted by Crippen LogP contribution is -2.15. The number of hydrogen-bond acceptors (Lipinski definition) is 3. The van der Waals surface area contributed by atoms with E-state index in [1.54, 1.807) is 6.92 Å². The fraction of sp³-hybridized carbons (Fsp3) is 0.467. The van der Waals surface area contributed by atoms with Crippen molar-refractivity contribution in [3.8, 4) is 5.75 Å². The van der Waals surface area contributed by atoms with Crippen molar-refractivity contribution in [2.75, 3.05) is 0 Å². The Kier molecular flexibility index (Phi) is 3.78. The zero-order chi connectivity index (χ0) is 14.1. The van der Waals surface area contributed by atoms with E-state index in [2.05, 4.69) is 25.9 Å². The summed E-state index contributed by atoms with van der Waals surface area (Å²) in [5.41, 5.74) is 2.90. The molecule has 1 aromatic carbocycles. The van der Waals surface area contributed by atoms with Crippen molar-refractivity contribution in [2.45, 2.75) is 44.0 Å². The standard InChI is InChI=1S/C15H17BrN2O2/c1-9-15(19)18-12-6-10(8-16)7-13(14(12)17-9)20-11-4-2-3-5-11/h6-7,11H,2-5,8H2,1H3,(H,18,19). The smallest absolute Gasteiger partial charge is 0.269 e. The molecule has 20 heavy (non-hydrogen) atoms. The van der Waals surface area contributed by atoms with Gasteiger partial charge in [0.05, 0.1) is 11.6 Å². The molecular weight excluding hydrogens is 320 g/mol. The lowest BCUT2D eigenvalue weighted by Gasteiger charge is -2.15. The Morgan fingerprint density at radius 3 is 2.85 bits per heavy atom. The van der Waals surface area contributed by atoms with Gasteiger partial charge in [0.15, 0.2) is 0 Å². The highest BCUT2D eigenvalue weighted by Gasteiger charge is 2.19. The molecule has 1 aromatic heterocycles. The van der Waals surface area contributed by atoms with Crippen LogP contribution >= 0.6 is 15.9 Å². The van der Waals surface area contributed by atoms with Gasteiger partial charge in [0.1, 0.15) is 17.0 Å². The van der Waals surface area contributed by atoms with Crippen LogP contribution < -0.4 is 10.3 Å². The minimum atomic E-state index is -0.143. The van der Waals surface area contributed by atoms with E-state index in [9.17, 15) is 4.79 Å². The van der Waals surface area contributed by atoms with Crippen molar-refractivity contribution in [2.24, 2.45) is 0 Å². The topological polar surface area (TPSA) is 55.0 Å². The zero-order valence-electron chi connectivity index (χ0n) is 11.4. The Morgan fingerprint density at radius 1 is 1.40 bits per heavy atom. The molecule has 4 nitrogen and oxygen atoms in total. The number of nitrogens with one attached hydrogen (secondary N) is 1. The van der Waals surface area contributed by atoms with Crippen molar-refractivity contribution in [3.63, 3.8) is 0 Å². The van der Waals surface area contributed by atoms with Crippen LogP contribution in [0.4, 0.5) is 0 Å². The van der Waals surface area contributed by atoms with Crippen molar-refractivity contribution < 1.29 is 4.74 Å². The quantitative estimate of drug-likeness (QED) is 0.873. The molecule has 5 heteroatoms. The highest BCUT2D eigenvalue weighted by Crippen LogP contribution is 2.30. The fourth-order valence-corrected chi connectivity index (χ4v) is 2.98. The van der Waals surface area contributed by atoms with Crippen molar-refractivity contribution in [1.29, 1.82) is 0 Å². The molecule has 1 heterocycles. The van der Waals surface area contributed by atoms with E-state index in [-0.39, 0.29) is 11.7 Å². The van der Waals surface area contributed by atoms with E-state index in [0.29, 0.717) is 5.69 Å². The molecule has 1 N–H and O–H groups in total. The highest BCUT2D eigenvalue weighted by atomic mass is 79.9. The molecule has 0 unspecified atom stereocenters. The molecule has 106 valence electrons. The van der Waals surface area contributed by atoms with Gasteiger partial charge >= 0.3 is 0 Å². The molecule has 0 spiro atoms. The number of alkyl halides is 1. The number of fused-ring (bicyclic) bond motifs is 1. The van der Waals surface area contributed by atoms with Crippen molar-refractivity contribution in [1.82, 2.24) is 9.97 Å². The predicted molar refractivity (Wildman–Crippen MR) is 82.6 cm³/mol. The number of rotatable bonds is 3. The van der Waals surface area contributed by atoms with Gasteiger partial charge < -0.3 is 9.72 Å². The largest absolute Gasteiger partial charge is 0.488 e. The lowest BCUT2D eigenvalue weighted by molar-refractivity contribution is 0.212. The Labute approximate surface area is 125 Å². The van der Waals surface area contributed by atoms with Crippen LogP contribution in [0.25, 0.3) is 11.0 Å². The molecular formula is C15H17BrN2O2. The maximum Gasteiger partial charge on any atom is 0.269 e. The number of halogens is 1. The van der Waals surface area contributed by atoms with Gasteiger partial charge in [-0.2, -0.15) is 0 Å². The lowest BCUT2D eigenvalue weighted by atomic mass is 10.2. The monoisotopic (exact) mass is 336 g/mol. The van der Waals surface area contributed by atoms with E-state index >= 15 is 0 Å². The maximum atomic E-state index is 11.7. The van der Waals surface area contributed by atoms with E-state index in [0.717, 1.165) is 40.5 Å². The molecule has 0 aliphatic heterocycles. The molecule has 1 saturated carbocycles. The van der Waals surface area contributed by atoms with Crippen LogP contribution in [0.3, 0.4) is 0 Å². The van der Waals surface area contributed by atoms with E-state index in [1.165, 1.54) is 12.8 Å². The summed E-state index contributed by atoms with van der Waals surface area (Å²) < 4.78 is 6.12. The molecule has 2 aromatic rings. The third-order valence-electron chi connectivity index (χ3n) is 3.74.